The van der Waals surface area contributed by atoms with Crippen LogP contribution in [-0.2, 0) is 0 Å². The Hall–Kier alpha value is -5.21. The molecular weight excluding hydrogens is 643 g/mol. The van der Waals surface area contributed by atoms with Crippen LogP contribution in [0.2, 0.25) is 15.1 Å². The summed E-state index contributed by atoms with van der Waals surface area (Å²) in [5.74, 6) is 3.37. The molecule has 0 saturated carbocycles. The average Bonchev–Trinajstić information content (AvgIpc) is 3.04. The third-order valence-corrected chi connectivity index (χ3v) is 7.72. The molecule has 46 heavy (non-hydrogen) atoms. The van der Waals surface area contributed by atoms with Crippen LogP contribution in [0.25, 0.3) is 0 Å². The first kappa shape index (κ1) is 30.8. The fourth-order valence-corrected chi connectivity index (χ4v) is 5.30. The maximum Gasteiger partial charge on any atom is 0.146 e. The molecule has 0 bridgehead atoms. The molecule has 6 aromatic carbocycles. The third-order valence-electron chi connectivity index (χ3n) is 6.84. The second-order valence-corrected chi connectivity index (χ2v) is 11.4. The van der Waals surface area contributed by atoms with Crippen LogP contribution in [0, 0.1) is 0 Å². The van der Waals surface area contributed by atoms with Gasteiger partial charge in [0.25, 0.3) is 0 Å². The molecule has 0 spiro atoms. The van der Waals surface area contributed by atoms with Gasteiger partial charge in [-0.15, -0.1) is 0 Å². The molecule has 0 aromatic heterocycles. The van der Waals surface area contributed by atoms with Crippen molar-refractivity contribution in [3.8, 4) is 34.5 Å². The van der Waals surface area contributed by atoms with Crippen LogP contribution in [0.1, 0.15) is 0 Å². The second kappa shape index (κ2) is 13.4. The summed E-state index contributed by atoms with van der Waals surface area (Å²) in [6.07, 6.45) is 0. The quantitative estimate of drug-likeness (QED) is 0.131. The smallest absolute Gasteiger partial charge is 0.146 e. The summed E-state index contributed by atoms with van der Waals surface area (Å²) in [6.45, 7) is 0. The normalized spacial score (nSPS) is 10.8. The van der Waals surface area contributed by atoms with Crippen LogP contribution in [0.3, 0.4) is 0 Å². The van der Waals surface area contributed by atoms with E-state index in [4.69, 9.17) is 66.2 Å². The van der Waals surface area contributed by atoms with E-state index in [0.717, 1.165) is 17.1 Å². The van der Waals surface area contributed by atoms with Crippen molar-refractivity contribution in [2.45, 2.75) is 0 Å². The van der Waals surface area contributed by atoms with E-state index >= 15 is 0 Å². The lowest BCUT2D eigenvalue weighted by Crippen LogP contribution is -2.09. The highest BCUT2D eigenvalue weighted by molar-refractivity contribution is 6.33. The van der Waals surface area contributed by atoms with Gasteiger partial charge in [-0.3, -0.25) is 0 Å². The zero-order valence-electron chi connectivity index (χ0n) is 24.2. The number of nitrogens with two attached hydrogens (primary N) is 3. The van der Waals surface area contributed by atoms with Gasteiger partial charge in [0.15, 0.2) is 0 Å². The second-order valence-electron chi connectivity index (χ2n) is 10.2. The fraction of sp³-hybridized carbons (Fsp3) is 0. The van der Waals surface area contributed by atoms with Crippen molar-refractivity contribution in [3.05, 3.63) is 142 Å². The van der Waals surface area contributed by atoms with Crippen molar-refractivity contribution in [1.82, 2.24) is 0 Å². The molecular formula is C36H27Cl3N4O3. The molecule has 230 valence electrons. The number of nitrogens with zero attached hydrogens (tertiary/aromatic N) is 1. The van der Waals surface area contributed by atoms with Crippen LogP contribution in [-0.4, -0.2) is 0 Å². The van der Waals surface area contributed by atoms with Crippen molar-refractivity contribution in [1.29, 1.82) is 0 Å². The lowest BCUT2D eigenvalue weighted by atomic mass is 10.1. The SMILES string of the molecule is Nc1ccc(Oc2ccc(N(c3ccc(Oc4ccc(N)cc4Cl)cc3)c3ccc(Oc4ccc(N)cc4Cl)cc3)cc2)c(Cl)c1. The number of nitrogen functional groups attached to an aromatic ring is 3. The summed E-state index contributed by atoms with van der Waals surface area (Å²) in [6, 6.07) is 38.3. The third kappa shape index (κ3) is 7.19. The van der Waals surface area contributed by atoms with Crippen molar-refractivity contribution in [2.75, 3.05) is 22.1 Å². The Kier molecular flexibility index (Phi) is 8.99. The van der Waals surface area contributed by atoms with Gasteiger partial charge in [-0.05, 0) is 127 Å². The van der Waals surface area contributed by atoms with Crippen molar-refractivity contribution < 1.29 is 14.2 Å². The Morgan fingerprint density at radius 1 is 0.370 bits per heavy atom. The van der Waals surface area contributed by atoms with Gasteiger partial charge in [-0.2, -0.15) is 0 Å². The van der Waals surface area contributed by atoms with Gasteiger partial charge in [0.1, 0.15) is 34.5 Å². The zero-order chi connectivity index (χ0) is 32.2. The molecule has 0 aliphatic heterocycles. The molecule has 0 amide bonds. The fourth-order valence-electron chi connectivity index (χ4n) is 4.62. The van der Waals surface area contributed by atoms with Crippen LogP contribution in [0.15, 0.2) is 127 Å². The van der Waals surface area contributed by atoms with Gasteiger partial charge in [0.05, 0.1) is 15.1 Å². The van der Waals surface area contributed by atoms with E-state index in [0.29, 0.717) is 66.6 Å². The molecule has 6 N–H and O–H groups in total. The first-order valence-corrected chi connectivity index (χ1v) is 15.1. The van der Waals surface area contributed by atoms with Crippen molar-refractivity contribution in [3.63, 3.8) is 0 Å². The molecule has 6 aromatic rings. The number of halogens is 3. The minimum atomic E-state index is 0.427. The lowest BCUT2D eigenvalue weighted by Gasteiger charge is -2.26. The van der Waals surface area contributed by atoms with Gasteiger partial charge in [-0.1, -0.05) is 34.8 Å². The molecule has 0 heterocycles. The van der Waals surface area contributed by atoms with Gasteiger partial charge in [0.2, 0.25) is 0 Å². The summed E-state index contributed by atoms with van der Waals surface area (Å²) in [5.41, 5.74) is 21.8. The number of anilines is 6. The molecule has 6 rings (SSSR count). The summed E-state index contributed by atoms with van der Waals surface area (Å²) < 4.78 is 18.0. The van der Waals surface area contributed by atoms with Gasteiger partial charge in [0, 0.05) is 34.1 Å². The first-order valence-electron chi connectivity index (χ1n) is 14.0. The lowest BCUT2D eigenvalue weighted by molar-refractivity contribution is 0.483. The van der Waals surface area contributed by atoms with Crippen molar-refractivity contribution in [2.24, 2.45) is 0 Å². The Balaban J connectivity index is 1.29. The van der Waals surface area contributed by atoms with E-state index in [-0.39, 0.29) is 0 Å². The number of rotatable bonds is 9. The monoisotopic (exact) mass is 668 g/mol. The number of ether oxygens (including phenoxy) is 3. The number of hydrogen-bond acceptors (Lipinski definition) is 7. The predicted molar refractivity (Wildman–Crippen MR) is 189 cm³/mol. The van der Waals surface area contributed by atoms with E-state index in [1.807, 2.05) is 72.8 Å². The molecule has 0 radical (unpaired) electrons. The summed E-state index contributed by atoms with van der Waals surface area (Å²) in [4.78, 5) is 2.08. The molecule has 0 fully saturated rings. The maximum atomic E-state index is 6.32. The Morgan fingerprint density at radius 3 is 0.870 bits per heavy atom. The van der Waals surface area contributed by atoms with Crippen molar-refractivity contribution >= 4 is 68.9 Å². The molecule has 0 aliphatic rings. The van der Waals surface area contributed by atoms with E-state index in [9.17, 15) is 0 Å². The molecule has 7 nitrogen and oxygen atoms in total. The largest absolute Gasteiger partial charge is 0.456 e. The van der Waals surface area contributed by atoms with Gasteiger partial charge >= 0.3 is 0 Å². The maximum absolute atomic E-state index is 6.32. The summed E-state index contributed by atoms with van der Waals surface area (Å²) >= 11 is 19.0. The highest BCUT2D eigenvalue weighted by atomic mass is 35.5. The molecule has 10 heteroatoms. The molecule has 0 saturated heterocycles. The van der Waals surface area contributed by atoms with Gasteiger partial charge in [-0.25, -0.2) is 0 Å². The Morgan fingerprint density at radius 2 is 0.630 bits per heavy atom. The minimum Gasteiger partial charge on any atom is -0.456 e. The Labute approximate surface area is 281 Å². The topological polar surface area (TPSA) is 109 Å². The van der Waals surface area contributed by atoms with E-state index in [1.165, 1.54) is 0 Å². The van der Waals surface area contributed by atoms with Crippen LogP contribution < -0.4 is 36.3 Å². The van der Waals surface area contributed by atoms with E-state index < -0.39 is 0 Å². The Bertz CT molecular complexity index is 1760. The highest BCUT2D eigenvalue weighted by Crippen LogP contribution is 2.40. The highest BCUT2D eigenvalue weighted by Gasteiger charge is 2.15. The van der Waals surface area contributed by atoms with Gasteiger partial charge < -0.3 is 36.3 Å². The first-order chi connectivity index (χ1) is 22.2. The van der Waals surface area contributed by atoms with Crippen LogP contribution in [0.5, 0.6) is 34.5 Å². The van der Waals surface area contributed by atoms with E-state index in [2.05, 4.69) is 4.90 Å². The standard InChI is InChI=1S/C36H27Cl3N4O3/c37-31-19-22(40)1-16-34(31)44-28-10-4-25(5-11-28)43(26-6-12-29(13-7-26)45-35-17-2-23(41)20-32(35)38)27-8-14-30(15-9-27)46-36-18-3-24(42)21-33(36)39/h1-21H,40-42H2. The molecule has 0 atom stereocenters. The van der Waals surface area contributed by atoms with E-state index in [1.54, 1.807) is 54.6 Å². The average molecular weight is 670 g/mol. The molecule has 0 aliphatic carbocycles. The number of hydrogen-bond donors (Lipinski definition) is 3. The summed E-state index contributed by atoms with van der Waals surface area (Å²) in [7, 11) is 0. The van der Waals surface area contributed by atoms with Crippen LogP contribution in [0.4, 0.5) is 34.1 Å². The summed E-state index contributed by atoms with van der Waals surface area (Å²) in [5, 5.41) is 1.28. The number of benzene rings is 6. The zero-order valence-corrected chi connectivity index (χ0v) is 26.4. The minimum absolute atomic E-state index is 0.427. The molecule has 0 unspecified atom stereocenters. The van der Waals surface area contributed by atoms with Crippen LogP contribution >= 0.6 is 34.8 Å². The predicted octanol–water partition coefficient (Wildman–Crippen LogP) is 11.2.